The van der Waals surface area contributed by atoms with Gasteiger partial charge in [0.25, 0.3) is 0 Å². The predicted molar refractivity (Wildman–Crippen MR) is 67.9 cm³/mol. The molecule has 4 nitrogen and oxygen atoms in total. The Morgan fingerprint density at radius 1 is 1.37 bits per heavy atom. The highest BCUT2D eigenvalue weighted by atomic mass is 35.5. The van der Waals surface area contributed by atoms with Gasteiger partial charge >= 0.3 is 0 Å². The molecule has 0 amide bonds. The van der Waals surface area contributed by atoms with Crippen molar-refractivity contribution in [1.82, 2.24) is 19.7 Å². The van der Waals surface area contributed by atoms with Gasteiger partial charge in [-0.2, -0.15) is 5.10 Å². The topological polar surface area (TPSA) is 46.5 Å². The van der Waals surface area contributed by atoms with Crippen molar-refractivity contribution in [2.75, 3.05) is 0 Å². The minimum Gasteiger partial charge on any atom is -0.336 e. The van der Waals surface area contributed by atoms with Gasteiger partial charge in [-0.05, 0) is 13.0 Å². The van der Waals surface area contributed by atoms with Crippen LogP contribution in [0.4, 0.5) is 8.78 Å². The van der Waals surface area contributed by atoms with Gasteiger partial charge < -0.3 is 4.98 Å². The van der Waals surface area contributed by atoms with Gasteiger partial charge in [-0.25, -0.2) is 13.8 Å². The Hall–Kier alpha value is -1.95. The summed E-state index contributed by atoms with van der Waals surface area (Å²) in [6, 6.07) is 1.97. The zero-order valence-corrected chi connectivity index (χ0v) is 10.7. The number of hydrogen-bond donors (Lipinski definition) is 1. The first-order valence-electron chi connectivity index (χ1n) is 5.66. The van der Waals surface area contributed by atoms with E-state index in [1.165, 1.54) is 6.07 Å². The van der Waals surface area contributed by atoms with Crippen LogP contribution in [0.5, 0.6) is 0 Å². The van der Waals surface area contributed by atoms with E-state index in [9.17, 15) is 8.78 Å². The van der Waals surface area contributed by atoms with E-state index < -0.39 is 11.6 Å². The molecule has 0 saturated carbocycles. The van der Waals surface area contributed by atoms with Crippen LogP contribution < -0.4 is 0 Å². The molecule has 0 spiro atoms. The maximum Gasteiger partial charge on any atom is 0.160 e. The summed E-state index contributed by atoms with van der Waals surface area (Å²) in [4.78, 5) is 6.89. The molecule has 2 aromatic heterocycles. The number of rotatable bonds is 2. The molecule has 0 aliphatic heterocycles. The molecule has 0 saturated heterocycles. The lowest BCUT2D eigenvalue weighted by Gasteiger charge is -1.91. The molecule has 19 heavy (non-hydrogen) atoms. The summed E-state index contributed by atoms with van der Waals surface area (Å²) in [5.41, 5.74) is 0.757. The Morgan fingerprint density at radius 2 is 2.16 bits per heavy atom. The van der Waals surface area contributed by atoms with E-state index in [4.69, 9.17) is 11.6 Å². The summed E-state index contributed by atoms with van der Waals surface area (Å²) >= 11 is 6.05. The first kappa shape index (κ1) is 12.1. The van der Waals surface area contributed by atoms with E-state index in [1.807, 2.05) is 6.92 Å². The number of benzene rings is 1. The molecule has 0 aliphatic rings. The van der Waals surface area contributed by atoms with Crippen LogP contribution in [0, 0.1) is 11.6 Å². The number of nitrogens with one attached hydrogen (secondary N) is 1. The van der Waals surface area contributed by atoms with E-state index in [-0.39, 0.29) is 11.0 Å². The number of hydrogen-bond acceptors (Lipinski definition) is 2. The fourth-order valence-electron chi connectivity index (χ4n) is 1.87. The number of nitrogens with zero attached hydrogens (tertiary/aromatic N) is 3. The number of H-pyrrole nitrogens is 1. The predicted octanol–water partition coefficient (Wildman–Crippen LogP) is 3.38. The van der Waals surface area contributed by atoms with Crippen molar-refractivity contribution in [3.63, 3.8) is 0 Å². The standard InChI is InChI=1S/C12H9ClF2N4/c1-2-19-5-7(13)10(18-19)12-16-9-4-6(14)3-8(15)11(9)17-12/h3-5H,2H2,1H3,(H,16,17). The Bertz CT molecular complexity index is 763. The number of aromatic amines is 1. The fourth-order valence-corrected chi connectivity index (χ4v) is 2.11. The van der Waals surface area contributed by atoms with Gasteiger partial charge in [0, 0.05) is 18.8 Å². The summed E-state index contributed by atoms with van der Waals surface area (Å²) in [7, 11) is 0. The van der Waals surface area contributed by atoms with Gasteiger partial charge in [0.15, 0.2) is 11.6 Å². The van der Waals surface area contributed by atoms with Crippen molar-refractivity contribution < 1.29 is 8.78 Å². The molecule has 0 bridgehead atoms. The molecule has 0 atom stereocenters. The molecule has 98 valence electrons. The molecular weight excluding hydrogens is 274 g/mol. The third-order valence-electron chi connectivity index (χ3n) is 2.77. The van der Waals surface area contributed by atoms with Crippen LogP contribution in [0.3, 0.4) is 0 Å². The van der Waals surface area contributed by atoms with Crippen LogP contribution in [0.2, 0.25) is 5.02 Å². The van der Waals surface area contributed by atoms with Crippen molar-refractivity contribution >= 4 is 22.6 Å². The number of imidazole rings is 1. The smallest absolute Gasteiger partial charge is 0.160 e. The second-order valence-electron chi connectivity index (χ2n) is 4.05. The van der Waals surface area contributed by atoms with Crippen LogP contribution in [-0.2, 0) is 6.54 Å². The lowest BCUT2D eigenvalue weighted by molar-refractivity contribution is 0.590. The average molecular weight is 283 g/mol. The lowest BCUT2D eigenvalue weighted by Crippen LogP contribution is -1.94. The maximum atomic E-state index is 13.6. The van der Waals surface area contributed by atoms with Crippen molar-refractivity contribution in [2.24, 2.45) is 0 Å². The van der Waals surface area contributed by atoms with E-state index in [0.29, 0.717) is 23.1 Å². The fraction of sp³-hybridized carbons (Fsp3) is 0.167. The molecule has 0 unspecified atom stereocenters. The van der Waals surface area contributed by atoms with Crippen molar-refractivity contribution in [3.8, 4) is 11.5 Å². The molecule has 0 fully saturated rings. The minimum absolute atomic E-state index is 0.0681. The molecule has 0 aliphatic carbocycles. The highest BCUT2D eigenvalue weighted by Crippen LogP contribution is 2.27. The number of aryl methyl sites for hydroxylation is 1. The summed E-state index contributed by atoms with van der Waals surface area (Å²) in [6.07, 6.45) is 1.65. The van der Waals surface area contributed by atoms with Crippen molar-refractivity contribution in [2.45, 2.75) is 13.5 Å². The van der Waals surface area contributed by atoms with Gasteiger partial charge in [-0.15, -0.1) is 0 Å². The van der Waals surface area contributed by atoms with Gasteiger partial charge in [0.05, 0.1) is 10.5 Å². The number of halogens is 3. The van der Waals surface area contributed by atoms with Gasteiger partial charge in [0.2, 0.25) is 0 Å². The Labute approximate surface area is 112 Å². The second-order valence-corrected chi connectivity index (χ2v) is 4.46. The SMILES string of the molecule is CCn1cc(Cl)c(-c2nc3c(F)cc(F)cc3[nH]2)n1. The third kappa shape index (κ3) is 1.98. The van der Waals surface area contributed by atoms with Gasteiger partial charge in [0.1, 0.15) is 17.0 Å². The Balaban J connectivity index is 2.20. The lowest BCUT2D eigenvalue weighted by atomic mass is 10.3. The van der Waals surface area contributed by atoms with Crippen LogP contribution in [-0.4, -0.2) is 19.7 Å². The van der Waals surface area contributed by atoms with Crippen LogP contribution in [0.15, 0.2) is 18.3 Å². The monoisotopic (exact) mass is 282 g/mol. The highest BCUT2D eigenvalue weighted by molar-refractivity contribution is 6.32. The largest absolute Gasteiger partial charge is 0.336 e. The number of aromatic nitrogens is 4. The molecule has 1 N–H and O–H groups in total. The third-order valence-corrected chi connectivity index (χ3v) is 3.05. The quantitative estimate of drug-likeness (QED) is 0.783. The molecule has 7 heteroatoms. The van der Waals surface area contributed by atoms with E-state index in [1.54, 1.807) is 10.9 Å². The maximum absolute atomic E-state index is 13.6. The summed E-state index contributed by atoms with van der Waals surface area (Å²) < 4.78 is 28.3. The van der Waals surface area contributed by atoms with Crippen molar-refractivity contribution in [1.29, 1.82) is 0 Å². The van der Waals surface area contributed by atoms with Crippen molar-refractivity contribution in [3.05, 3.63) is 35.0 Å². The van der Waals surface area contributed by atoms with Gasteiger partial charge in [-0.3, -0.25) is 4.68 Å². The average Bonchev–Trinajstić information content (AvgIpc) is 2.92. The Kier molecular flexibility index (Phi) is 2.74. The zero-order chi connectivity index (χ0) is 13.6. The molecule has 1 aromatic carbocycles. The molecule has 0 radical (unpaired) electrons. The zero-order valence-electron chi connectivity index (χ0n) is 9.91. The highest BCUT2D eigenvalue weighted by Gasteiger charge is 2.15. The van der Waals surface area contributed by atoms with E-state index in [2.05, 4.69) is 15.1 Å². The normalized spacial score (nSPS) is 11.4. The molecule has 2 heterocycles. The van der Waals surface area contributed by atoms with Crippen LogP contribution in [0.25, 0.3) is 22.6 Å². The molecule has 3 aromatic rings. The summed E-state index contributed by atoms with van der Waals surface area (Å²) in [5, 5.41) is 4.63. The van der Waals surface area contributed by atoms with E-state index in [0.717, 1.165) is 6.07 Å². The molecule has 3 rings (SSSR count). The van der Waals surface area contributed by atoms with Crippen LogP contribution >= 0.6 is 11.6 Å². The molecular formula is C12H9ClF2N4. The second kappa shape index (κ2) is 4.31. The van der Waals surface area contributed by atoms with Crippen LogP contribution in [0.1, 0.15) is 6.92 Å². The summed E-state index contributed by atoms with van der Waals surface area (Å²) in [6.45, 7) is 2.57. The Morgan fingerprint density at radius 3 is 2.84 bits per heavy atom. The minimum atomic E-state index is -0.719. The first-order chi connectivity index (χ1) is 9.08. The van der Waals surface area contributed by atoms with E-state index >= 15 is 0 Å². The summed E-state index contributed by atoms with van der Waals surface area (Å²) in [5.74, 6) is -1.06. The number of fused-ring (bicyclic) bond motifs is 1. The first-order valence-corrected chi connectivity index (χ1v) is 6.04. The van der Waals surface area contributed by atoms with Gasteiger partial charge in [-0.1, -0.05) is 11.6 Å².